The summed E-state index contributed by atoms with van der Waals surface area (Å²) >= 11 is 0. The van der Waals surface area contributed by atoms with E-state index in [1.165, 1.54) is 11.1 Å². The maximum atomic E-state index is 5.82. The summed E-state index contributed by atoms with van der Waals surface area (Å²) in [5, 5.41) is 6.64. The maximum absolute atomic E-state index is 5.82. The normalized spacial score (nSPS) is 20.8. The average Bonchev–Trinajstić information content (AvgIpc) is 2.69. The van der Waals surface area contributed by atoms with Crippen molar-refractivity contribution in [1.29, 1.82) is 0 Å². The zero-order valence-corrected chi connectivity index (χ0v) is 17.1. The number of pyridine rings is 1. The van der Waals surface area contributed by atoms with Crippen LogP contribution in [0.5, 0.6) is 0 Å². The van der Waals surface area contributed by atoms with Crippen molar-refractivity contribution in [3.8, 4) is 0 Å². The second kappa shape index (κ2) is 10.2. The highest BCUT2D eigenvalue weighted by Crippen LogP contribution is 2.14. The summed E-state index contributed by atoms with van der Waals surface area (Å²) in [5.41, 5.74) is 3.55. The first-order valence-electron chi connectivity index (χ1n) is 9.92. The average molecular weight is 382 g/mol. The highest BCUT2D eigenvalue weighted by Gasteiger charge is 2.21. The molecule has 2 aromatic rings. The van der Waals surface area contributed by atoms with Gasteiger partial charge in [0.25, 0.3) is 0 Å². The highest BCUT2D eigenvalue weighted by molar-refractivity contribution is 5.79. The SMILES string of the molecule is CN=C(NCc1ccc(CN2CC(C)OC(C)C2)cc1)NCc1ccccn1. The van der Waals surface area contributed by atoms with Crippen molar-refractivity contribution in [3.63, 3.8) is 0 Å². The van der Waals surface area contributed by atoms with Gasteiger partial charge in [0.1, 0.15) is 0 Å². The monoisotopic (exact) mass is 381 g/mol. The predicted octanol–water partition coefficient (Wildman–Crippen LogP) is 2.56. The number of hydrogen-bond acceptors (Lipinski definition) is 4. The van der Waals surface area contributed by atoms with E-state index < -0.39 is 0 Å². The highest BCUT2D eigenvalue weighted by atomic mass is 16.5. The number of rotatable bonds is 6. The van der Waals surface area contributed by atoms with E-state index in [1.54, 1.807) is 13.2 Å². The van der Waals surface area contributed by atoms with Gasteiger partial charge in [-0.2, -0.15) is 0 Å². The molecule has 1 aromatic carbocycles. The van der Waals surface area contributed by atoms with E-state index in [2.05, 4.69) is 63.6 Å². The summed E-state index contributed by atoms with van der Waals surface area (Å²) in [4.78, 5) is 11.1. The summed E-state index contributed by atoms with van der Waals surface area (Å²) in [6.07, 6.45) is 2.41. The Kier molecular flexibility index (Phi) is 7.39. The van der Waals surface area contributed by atoms with Crippen molar-refractivity contribution in [2.24, 2.45) is 4.99 Å². The molecule has 6 nitrogen and oxygen atoms in total. The van der Waals surface area contributed by atoms with Gasteiger partial charge < -0.3 is 15.4 Å². The van der Waals surface area contributed by atoms with Crippen molar-refractivity contribution < 1.29 is 4.74 Å². The molecule has 2 N–H and O–H groups in total. The molecular weight excluding hydrogens is 350 g/mol. The molecule has 2 atom stereocenters. The Morgan fingerprint density at radius 1 is 1.04 bits per heavy atom. The zero-order chi connectivity index (χ0) is 19.8. The molecule has 2 heterocycles. The topological polar surface area (TPSA) is 61.8 Å². The van der Waals surface area contributed by atoms with Crippen molar-refractivity contribution in [1.82, 2.24) is 20.5 Å². The van der Waals surface area contributed by atoms with Gasteiger partial charge in [0.2, 0.25) is 0 Å². The van der Waals surface area contributed by atoms with Crippen molar-refractivity contribution in [3.05, 3.63) is 65.5 Å². The Hall–Kier alpha value is -2.44. The van der Waals surface area contributed by atoms with Crippen LogP contribution in [0.3, 0.4) is 0 Å². The van der Waals surface area contributed by atoms with Crippen LogP contribution >= 0.6 is 0 Å². The zero-order valence-electron chi connectivity index (χ0n) is 17.1. The van der Waals surface area contributed by atoms with Crippen LogP contribution in [0.15, 0.2) is 53.7 Å². The lowest BCUT2D eigenvalue weighted by Crippen LogP contribution is -2.44. The Morgan fingerprint density at radius 2 is 1.71 bits per heavy atom. The van der Waals surface area contributed by atoms with Gasteiger partial charge in [0, 0.05) is 39.4 Å². The van der Waals surface area contributed by atoms with Crippen molar-refractivity contribution in [2.75, 3.05) is 20.1 Å². The van der Waals surface area contributed by atoms with Crippen LogP contribution in [0, 0.1) is 0 Å². The third-order valence-electron chi connectivity index (χ3n) is 4.77. The first kappa shape index (κ1) is 20.3. The summed E-state index contributed by atoms with van der Waals surface area (Å²) < 4.78 is 5.82. The molecule has 3 rings (SSSR count). The number of aromatic nitrogens is 1. The molecule has 0 amide bonds. The van der Waals surface area contributed by atoms with Crippen LogP contribution < -0.4 is 10.6 Å². The molecule has 0 saturated carbocycles. The number of nitrogens with one attached hydrogen (secondary N) is 2. The minimum absolute atomic E-state index is 0.303. The van der Waals surface area contributed by atoms with Gasteiger partial charge in [-0.1, -0.05) is 30.3 Å². The van der Waals surface area contributed by atoms with Crippen molar-refractivity contribution in [2.45, 2.75) is 45.7 Å². The van der Waals surface area contributed by atoms with Crippen LogP contribution in [-0.4, -0.2) is 48.2 Å². The number of guanidine groups is 1. The number of aliphatic imine (C=N–C) groups is 1. The molecule has 6 heteroatoms. The minimum Gasteiger partial charge on any atom is -0.373 e. The molecule has 1 aliphatic rings. The van der Waals surface area contributed by atoms with Crippen LogP contribution in [0.1, 0.15) is 30.7 Å². The number of morpholine rings is 1. The number of nitrogens with zero attached hydrogens (tertiary/aromatic N) is 3. The lowest BCUT2D eigenvalue weighted by atomic mass is 10.1. The van der Waals surface area contributed by atoms with Crippen molar-refractivity contribution >= 4 is 5.96 Å². The fourth-order valence-electron chi connectivity index (χ4n) is 3.52. The molecule has 1 aromatic heterocycles. The molecule has 0 aliphatic carbocycles. The van der Waals surface area contributed by atoms with E-state index in [9.17, 15) is 0 Å². The van der Waals surface area contributed by atoms with Crippen LogP contribution in [0.25, 0.3) is 0 Å². The largest absolute Gasteiger partial charge is 0.373 e. The maximum Gasteiger partial charge on any atom is 0.191 e. The van der Waals surface area contributed by atoms with Gasteiger partial charge in [0.15, 0.2) is 5.96 Å². The number of benzene rings is 1. The Bertz CT molecular complexity index is 737. The smallest absolute Gasteiger partial charge is 0.191 e. The Balaban J connectivity index is 1.45. The molecule has 28 heavy (non-hydrogen) atoms. The van der Waals surface area contributed by atoms with Crippen LogP contribution in [-0.2, 0) is 24.4 Å². The van der Waals surface area contributed by atoms with Crippen LogP contribution in [0.2, 0.25) is 0 Å². The van der Waals surface area contributed by atoms with E-state index in [-0.39, 0.29) is 0 Å². The van der Waals surface area contributed by atoms with E-state index in [4.69, 9.17) is 4.74 Å². The molecule has 1 aliphatic heterocycles. The summed E-state index contributed by atoms with van der Waals surface area (Å²) in [6.45, 7) is 8.62. The van der Waals surface area contributed by atoms with Gasteiger partial charge in [-0.3, -0.25) is 14.9 Å². The first-order chi connectivity index (χ1) is 13.6. The van der Waals surface area contributed by atoms with Gasteiger partial charge in [-0.25, -0.2) is 0 Å². The van der Waals surface area contributed by atoms with Gasteiger partial charge >= 0.3 is 0 Å². The standard InChI is InChI=1S/C22H31N5O/c1-17-14-27(15-18(2)28-17)16-20-9-7-19(8-10-20)12-25-22(23-3)26-13-21-6-4-5-11-24-21/h4-11,17-18H,12-16H2,1-3H3,(H2,23,25,26). The fourth-order valence-corrected chi connectivity index (χ4v) is 3.52. The third-order valence-corrected chi connectivity index (χ3v) is 4.77. The molecule has 2 unspecified atom stereocenters. The van der Waals surface area contributed by atoms with Gasteiger partial charge in [-0.05, 0) is 37.1 Å². The van der Waals surface area contributed by atoms with E-state index in [0.717, 1.165) is 37.8 Å². The quantitative estimate of drug-likeness (QED) is 0.595. The second-order valence-corrected chi connectivity index (χ2v) is 7.37. The summed E-state index contributed by atoms with van der Waals surface area (Å²) in [6, 6.07) is 14.7. The lowest BCUT2D eigenvalue weighted by Gasteiger charge is -2.35. The number of hydrogen-bond donors (Lipinski definition) is 2. The number of ether oxygens (including phenoxy) is 1. The Morgan fingerprint density at radius 3 is 2.36 bits per heavy atom. The van der Waals surface area contributed by atoms with Crippen LogP contribution in [0.4, 0.5) is 0 Å². The fraction of sp³-hybridized carbons (Fsp3) is 0.455. The molecular formula is C22H31N5O. The minimum atomic E-state index is 0.303. The van der Waals surface area contributed by atoms with E-state index >= 15 is 0 Å². The van der Waals surface area contributed by atoms with Gasteiger partial charge in [-0.15, -0.1) is 0 Å². The Labute approximate surface area is 168 Å². The lowest BCUT2D eigenvalue weighted by molar-refractivity contribution is -0.0704. The summed E-state index contributed by atoms with van der Waals surface area (Å²) in [7, 11) is 1.78. The molecule has 150 valence electrons. The van der Waals surface area contributed by atoms with Gasteiger partial charge in [0.05, 0.1) is 24.4 Å². The third kappa shape index (κ3) is 6.32. The molecule has 0 bridgehead atoms. The second-order valence-electron chi connectivity index (χ2n) is 7.37. The molecule has 0 radical (unpaired) electrons. The molecule has 0 spiro atoms. The predicted molar refractivity (Wildman–Crippen MR) is 113 cm³/mol. The molecule has 1 saturated heterocycles. The molecule has 1 fully saturated rings. The van der Waals surface area contributed by atoms with E-state index in [1.807, 2.05) is 18.2 Å². The summed E-state index contributed by atoms with van der Waals surface area (Å²) in [5.74, 6) is 0.769. The first-order valence-corrected chi connectivity index (χ1v) is 9.92. The van der Waals surface area contributed by atoms with E-state index in [0.29, 0.717) is 18.8 Å².